The standard InChI is InChI=1S/C18H25NO4/c20-16-2-1-11-23-18(16)7-9-19(10-8-18)13-15-5-3-14(4-6-15)12-17(21)22/h3-6,16,20H,1-2,7-13H2,(H,21,22)/t16-/m1/s1. The second kappa shape index (κ2) is 6.99. The lowest BCUT2D eigenvalue weighted by atomic mass is 9.82. The Balaban J connectivity index is 1.53. The average Bonchev–Trinajstić information content (AvgIpc) is 2.54. The van der Waals surface area contributed by atoms with E-state index in [0.29, 0.717) is 0 Å². The Labute approximate surface area is 136 Å². The van der Waals surface area contributed by atoms with Crippen molar-refractivity contribution in [1.82, 2.24) is 4.90 Å². The minimum atomic E-state index is -0.801. The van der Waals surface area contributed by atoms with Gasteiger partial charge in [-0.1, -0.05) is 24.3 Å². The Morgan fingerprint density at radius 2 is 1.87 bits per heavy atom. The van der Waals surface area contributed by atoms with E-state index in [2.05, 4.69) is 4.90 Å². The number of carbonyl (C=O) groups is 1. The predicted octanol–water partition coefficient (Wildman–Crippen LogP) is 1.82. The first-order valence-corrected chi connectivity index (χ1v) is 8.41. The maximum Gasteiger partial charge on any atom is 0.307 e. The molecule has 0 bridgehead atoms. The number of nitrogens with zero attached hydrogens (tertiary/aromatic N) is 1. The van der Waals surface area contributed by atoms with Crippen LogP contribution in [0.25, 0.3) is 0 Å². The van der Waals surface area contributed by atoms with Crippen LogP contribution in [-0.4, -0.2) is 52.5 Å². The molecule has 23 heavy (non-hydrogen) atoms. The average molecular weight is 319 g/mol. The Morgan fingerprint density at radius 3 is 2.48 bits per heavy atom. The van der Waals surface area contributed by atoms with Gasteiger partial charge in [0.1, 0.15) is 0 Å². The Bertz CT molecular complexity index is 534. The minimum Gasteiger partial charge on any atom is -0.481 e. The summed E-state index contributed by atoms with van der Waals surface area (Å²) in [6, 6.07) is 7.80. The van der Waals surface area contributed by atoms with Crippen LogP contribution >= 0.6 is 0 Å². The van der Waals surface area contributed by atoms with Crippen LogP contribution in [0, 0.1) is 0 Å². The lowest BCUT2D eigenvalue weighted by Gasteiger charge is -2.46. The van der Waals surface area contributed by atoms with Gasteiger partial charge in [-0.3, -0.25) is 9.69 Å². The minimum absolute atomic E-state index is 0.0712. The molecule has 2 fully saturated rings. The fourth-order valence-electron chi connectivity index (χ4n) is 3.67. The second-order valence-electron chi connectivity index (χ2n) is 6.73. The van der Waals surface area contributed by atoms with Crippen LogP contribution < -0.4 is 0 Å². The number of aliphatic hydroxyl groups excluding tert-OH is 1. The molecule has 1 aromatic rings. The van der Waals surface area contributed by atoms with E-state index < -0.39 is 5.97 Å². The zero-order valence-corrected chi connectivity index (χ0v) is 13.4. The normalized spacial score (nSPS) is 24.7. The number of carboxylic acids is 1. The van der Waals surface area contributed by atoms with E-state index in [4.69, 9.17) is 9.84 Å². The van der Waals surface area contributed by atoms with Crippen molar-refractivity contribution in [3.05, 3.63) is 35.4 Å². The highest BCUT2D eigenvalue weighted by Gasteiger charge is 2.43. The fraction of sp³-hybridized carbons (Fsp3) is 0.611. The maximum atomic E-state index is 10.7. The summed E-state index contributed by atoms with van der Waals surface area (Å²) >= 11 is 0. The molecule has 0 amide bonds. The van der Waals surface area contributed by atoms with E-state index in [0.717, 1.165) is 57.5 Å². The summed E-state index contributed by atoms with van der Waals surface area (Å²) in [6.45, 7) is 3.48. The highest BCUT2D eigenvalue weighted by molar-refractivity contribution is 5.70. The molecule has 126 valence electrons. The van der Waals surface area contributed by atoms with Gasteiger partial charge in [0.15, 0.2) is 0 Å². The lowest BCUT2D eigenvalue weighted by molar-refractivity contribution is -0.177. The van der Waals surface area contributed by atoms with E-state index in [1.807, 2.05) is 24.3 Å². The number of rotatable bonds is 4. The zero-order valence-electron chi connectivity index (χ0n) is 13.4. The van der Waals surface area contributed by atoms with Crippen molar-refractivity contribution in [2.75, 3.05) is 19.7 Å². The third-order valence-electron chi connectivity index (χ3n) is 5.11. The van der Waals surface area contributed by atoms with Crippen molar-refractivity contribution in [2.24, 2.45) is 0 Å². The van der Waals surface area contributed by atoms with Crippen molar-refractivity contribution < 1.29 is 19.7 Å². The smallest absolute Gasteiger partial charge is 0.307 e. The molecule has 5 nitrogen and oxygen atoms in total. The van der Waals surface area contributed by atoms with E-state index in [9.17, 15) is 9.90 Å². The molecule has 2 N–H and O–H groups in total. The first-order chi connectivity index (χ1) is 11.1. The molecule has 2 saturated heterocycles. The molecule has 0 aromatic heterocycles. The molecule has 1 aromatic carbocycles. The number of hydrogen-bond donors (Lipinski definition) is 2. The van der Waals surface area contributed by atoms with Crippen LogP contribution in [-0.2, 0) is 22.5 Å². The number of benzene rings is 1. The second-order valence-corrected chi connectivity index (χ2v) is 6.73. The number of piperidine rings is 1. The topological polar surface area (TPSA) is 70.0 Å². The number of ether oxygens (including phenoxy) is 1. The van der Waals surface area contributed by atoms with Gasteiger partial charge in [0.25, 0.3) is 0 Å². The van der Waals surface area contributed by atoms with Crippen LogP contribution in [0.3, 0.4) is 0 Å². The van der Waals surface area contributed by atoms with E-state index in [1.54, 1.807) is 0 Å². The van der Waals surface area contributed by atoms with Gasteiger partial charge in [0, 0.05) is 26.2 Å². The van der Waals surface area contributed by atoms with Crippen LogP contribution in [0.1, 0.15) is 36.8 Å². The third kappa shape index (κ3) is 3.91. The molecule has 3 rings (SSSR count). The predicted molar refractivity (Wildman–Crippen MR) is 86.2 cm³/mol. The van der Waals surface area contributed by atoms with Gasteiger partial charge in [0.2, 0.25) is 0 Å². The van der Waals surface area contributed by atoms with Gasteiger partial charge in [-0.05, 0) is 36.8 Å². The van der Waals surface area contributed by atoms with Gasteiger partial charge < -0.3 is 14.9 Å². The van der Waals surface area contributed by atoms with Gasteiger partial charge in [0.05, 0.1) is 18.1 Å². The summed E-state index contributed by atoms with van der Waals surface area (Å²) < 4.78 is 5.94. The number of hydrogen-bond acceptors (Lipinski definition) is 4. The van der Waals surface area contributed by atoms with E-state index in [1.165, 1.54) is 5.56 Å². The van der Waals surface area contributed by atoms with Crippen molar-refractivity contribution in [1.29, 1.82) is 0 Å². The van der Waals surface area contributed by atoms with Crippen molar-refractivity contribution in [3.8, 4) is 0 Å². The Hall–Kier alpha value is -1.43. The quantitative estimate of drug-likeness (QED) is 0.886. The first kappa shape index (κ1) is 16.4. The molecule has 2 aliphatic heterocycles. The summed E-state index contributed by atoms with van der Waals surface area (Å²) in [5.41, 5.74) is 1.71. The Kier molecular flexibility index (Phi) is 4.99. The molecule has 5 heteroatoms. The highest BCUT2D eigenvalue weighted by Crippen LogP contribution is 2.35. The number of aliphatic hydroxyl groups is 1. The molecule has 0 aliphatic carbocycles. The number of aliphatic carboxylic acids is 1. The first-order valence-electron chi connectivity index (χ1n) is 8.41. The largest absolute Gasteiger partial charge is 0.481 e. The molecule has 1 atom stereocenters. The van der Waals surface area contributed by atoms with Crippen molar-refractivity contribution in [3.63, 3.8) is 0 Å². The van der Waals surface area contributed by atoms with Gasteiger partial charge in [-0.2, -0.15) is 0 Å². The van der Waals surface area contributed by atoms with E-state index in [-0.39, 0.29) is 18.1 Å². The lowest BCUT2D eigenvalue weighted by Crippen LogP contribution is -2.55. The summed E-state index contributed by atoms with van der Waals surface area (Å²) in [5.74, 6) is -0.801. The number of likely N-dealkylation sites (tertiary alicyclic amines) is 1. The molecule has 2 heterocycles. The summed E-state index contributed by atoms with van der Waals surface area (Å²) in [7, 11) is 0. The van der Waals surface area contributed by atoms with Crippen LogP contribution in [0.15, 0.2) is 24.3 Å². The van der Waals surface area contributed by atoms with E-state index >= 15 is 0 Å². The maximum absolute atomic E-state index is 10.7. The third-order valence-corrected chi connectivity index (χ3v) is 5.11. The summed E-state index contributed by atoms with van der Waals surface area (Å²) in [5, 5.41) is 19.1. The Morgan fingerprint density at radius 1 is 1.22 bits per heavy atom. The monoisotopic (exact) mass is 319 g/mol. The van der Waals surface area contributed by atoms with Gasteiger partial charge in [-0.25, -0.2) is 0 Å². The molecule has 2 aliphatic rings. The van der Waals surface area contributed by atoms with Gasteiger partial charge >= 0.3 is 5.97 Å². The summed E-state index contributed by atoms with van der Waals surface area (Å²) in [4.78, 5) is 13.1. The van der Waals surface area contributed by atoms with Crippen LogP contribution in [0.2, 0.25) is 0 Å². The molecule has 0 saturated carbocycles. The zero-order chi connectivity index (χ0) is 16.3. The molecule has 1 spiro atoms. The SMILES string of the molecule is O=C(O)Cc1ccc(CN2CCC3(CC2)OCCC[C@H]3O)cc1. The fourth-order valence-corrected chi connectivity index (χ4v) is 3.67. The highest BCUT2D eigenvalue weighted by atomic mass is 16.5. The number of carboxylic acid groups (broad SMARTS) is 1. The van der Waals surface area contributed by atoms with Crippen molar-refractivity contribution in [2.45, 2.75) is 50.4 Å². The molecule has 0 unspecified atom stereocenters. The van der Waals surface area contributed by atoms with Gasteiger partial charge in [-0.15, -0.1) is 0 Å². The van der Waals surface area contributed by atoms with Crippen LogP contribution in [0.5, 0.6) is 0 Å². The molecule has 0 radical (unpaired) electrons. The molecular formula is C18H25NO4. The molecular weight excluding hydrogens is 294 g/mol. The van der Waals surface area contributed by atoms with Crippen molar-refractivity contribution >= 4 is 5.97 Å². The van der Waals surface area contributed by atoms with Crippen LogP contribution in [0.4, 0.5) is 0 Å². The summed E-state index contributed by atoms with van der Waals surface area (Å²) in [6.07, 6.45) is 3.31.